The molecule has 0 bridgehead atoms. The second-order valence-electron chi connectivity index (χ2n) is 7.67. The van der Waals surface area contributed by atoms with Crippen molar-refractivity contribution in [2.24, 2.45) is 5.92 Å². The zero-order valence-corrected chi connectivity index (χ0v) is 14.8. The van der Waals surface area contributed by atoms with Crippen LogP contribution in [-0.2, 0) is 0 Å². The summed E-state index contributed by atoms with van der Waals surface area (Å²) in [6.45, 7) is 3.98. The van der Waals surface area contributed by atoms with Gasteiger partial charge in [-0.25, -0.2) is 0 Å². The minimum atomic E-state index is -0.189. The number of rotatable bonds is 5. The lowest BCUT2D eigenvalue weighted by Gasteiger charge is -2.39. The normalized spacial score (nSPS) is 27.5. The average Bonchev–Trinajstić information content (AvgIpc) is 3.39. The van der Waals surface area contributed by atoms with Crippen LogP contribution < -0.4 is 4.74 Å². The fourth-order valence-electron chi connectivity index (χ4n) is 3.98. The van der Waals surface area contributed by atoms with E-state index in [4.69, 9.17) is 4.74 Å². The van der Waals surface area contributed by atoms with Gasteiger partial charge in [0.1, 0.15) is 5.75 Å². The highest BCUT2D eigenvalue weighted by molar-refractivity contribution is 5.94. The molecule has 2 aliphatic carbocycles. The number of ether oxygens (including phenoxy) is 1. The predicted molar refractivity (Wildman–Crippen MR) is 95.8 cm³/mol. The van der Waals surface area contributed by atoms with Crippen molar-refractivity contribution in [3.8, 4) is 5.75 Å². The summed E-state index contributed by atoms with van der Waals surface area (Å²) in [5.41, 5.74) is 0.730. The minimum absolute atomic E-state index is 0.0976. The summed E-state index contributed by atoms with van der Waals surface area (Å²) in [4.78, 5) is 17.0. The van der Waals surface area contributed by atoms with E-state index in [-0.39, 0.29) is 12.0 Å². The molecule has 1 aliphatic heterocycles. The maximum atomic E-state index is 12.7. The quantitative estimate of drug-likeness (QED) is 0.889. The van der Waals surface area contributed by atoms with Crippen molar-refractivity contribution in [1.29, 1.82) is 0 Å². The van der Waals surface area contributed by atoms with Crippen LogP contribution >= 0.6 is 0 Å². The van der Waals surface area contributed by atoms with Gasteiger partial charge in [-0.1, -0.05) is 0 Å². The van der Waals surface area contributed by atoms with E-state index in [2.05, 4.69) is 4.90 Å². The molecule has 1 N–H and O–H groups in total. The molecule has 1 heterocycles. The minimum Gasteiger partial charge on any atom is -0.493 e. The molecule has 4 rings (SSSR count). The van der Waals surface area contributed by atoms with E-state index < -0.39 is 0 Å². The van der Waals surface area contributed by atoms with Crippen LogP contribution in [0, 0.1) is 5.92 Å². The summed E-state index contributed by atoms with van der Waals surface area (Å²) >= 11 is 0. The van der Waals surface area contributed by atoms with Crippen LogP contribution in [0.15, 0.2) is 24.3 Å². The Morgan fingerprint density at radius 2 is 1.76 bits per heavy atom. The second-order valence-corrected chi connectivity index (χ2v) is 7.67. The van der Waals surface area contributed by atoms with Gasteiger partial charge >= 0.3 is 0 Å². The molecular weight excluding hydrogens is 316 g/mol. The molecule has 3 fully saturated rings. The van der Waals surface area contributed by atoms with Crippen LogP contribution in [0.3, 0.4) is 0 Å². The average molecular weight is 344 g/mol. The van der Waals surface area contributed by atoms with Crippen LogP contribution in [0.4, 0.5) is 0 Å². The summed E-state index contributed by atoms with van der Waals surface area (Å²) in [5.74, 6) is 1.68. The third kappa shape index (κ3) is 3.98. The highest BCUT2D eigenvalue weighted by Crippen LogP contribution is 2.29. The van der Waals surface area contributed by atoms with Gasteiger partial charge in [0, 0.05) is 37.8 Å². The molecule has 2 saturated carbocycles. The smallest absolute Gasteiger partial charge is 0.253 e. The first-order chi connectivity index (χ1) is 12.2. The van der Waals surface area contributed by atoms with Crippen LogP contribution in [0.25, 0.3) is 0 Å². The molecule has 136 valence electrons. The van der Waals surface area contributed by atoms with E-state index in [1.165, 1.54) is 12.8 Å². The van der Waals surface area contributed by atoms with Crippen molar-refractivity contribution in [3.63, 3.8) is 0 Å². The molecule has 5 nitrogen and oxygen atoms in total. The number of benzene rings is 1. The molecule has 2 atom stereocenters. The Kier molecular flexibility index (Phi) is 4.95. The van der Waals surface area contributed by atoms with Crippen LogP contribution in [0.1, 0.15) is 42.5 Å². The molecule has 1 saturated heterocycles. The Hall–Kier alpha value is -1.59. The zero-order chi connectivity index (χ0) is 17.2. The van der Waals surface area contributed by atoms with Crippen LogP contribution in [-0.4, -0.2) is 65.7 Å². The maximum Gasteiger partial charge on any atom is 0.253 e. The molecule has 5 heteroatoms. The van der Waals surface area contributed by atoms with Gasteiger partial charge in [0.05, 0.1) is 12.7 Å². The first kappa shape index (κ1) is 16.9. The molecular formula is C20H28N2O3. The van der Waals surface area contributed by atoms with Crippen molar-refractivity contribution in [3.05, 3.63) is 29.8 Å². The summed E-state index contributed by atoms with van der Waals surface area (Å²) in [6.07, 6.45) is 5.47. The van der Waals surface area contributed by atoms with E-state index in [1.54, 1.807) is 0 Å². The largest absolute Gasteiger partial charge is 0.493 e. The van der Waals surface area contributed by atoms with E-state index >= 15 is 0 Å². The number of hydrogen-bond acceptors (Lipinski definition) is 4. The molecule has 3 aliphatic rings. The van der Waals surface area contributed by atoms with Crippen molar-refractivity contribution >= 4 is 5.91 Å². The molecule has 0 aromatic heterocycles. The lowest BCUT2D eigenvalue weighted by Crippen LogP contribution is -2.53. The fraction of sp³-hybridized carbons (Fsp3) is 0.650. The fourth-order valence-corrected chi connectivity index (χ4v) is 3.98. The number of nitrogens with zero attached hydrogens (tertiary/aromatic N) is 2. The van der Waals surface area contributed by atoms with Crippen LogP contribution in [0.2, 0.25) is 0 Å². The lowest BCUT2D eigenvalue weighted by atomic mass is 10.1. The lowest BCUT2D eigenvalue weighted by molar-refractivity contribution is 0.0315. The van der Waals surface area contributed by atoms with Crippen molar-refractivity contribution < 1.29 is 14.6 Å². The van der Waals surface area contributed by atoms with Gasteiger partial charge in [0.15, 0.2) is 0 Å². The number of aliphatic hydroxyl groups excluding tert-OH is 1. The third-order valence-electron chi connectivity index (χ3n) is 5.80. The topological polar surface area (TPSA) is 53.0 Å². The van der Waals surface area contributed by atoms with Gasteiger partial charge in [-0.2, -0.15) is 0 Å². The van der Waals surface area contributed by atoms with E-state index in [0.29, 0.717) is 6.04 Å². The molecule has 1 aromatic rings. The monoisotopic (exact) mass is 344 g/mol. The van der Waals surface area contributed by atoms with Gasteiger partial charge < -0.3 is 14.7 Å². The van der Waals surface area contributed by atoms with Gasteiger partial charge in [-0.3, -0.25) is 9.69 Å². The maximum absolute atomic E-state index is 12.7. The van der Waals surface area contributed by atoms with Gasteiger partial charge in [-0.05, 0) is 62.3 Å². The van der Waals surface area contributed by atoms with Gasteiger partial charge in [0.25, 0.3) is 5.91 Å². The van der Waals surface area contributed by atoms with Crippen molar-refractivity contribution in [1.82, 2.24) is 9.80 Å². The van der Waals surface area contributed by atoms with E-state index in [0.717, 1.165) is 69.3 Å². The number of hydrogen-bond donors (Lipinski definition) is 1. The molecule has 0 spiro atoms. The number of aliphatic hydroxyl groups is 1. The van der Waals surface area contributed by atoms with Gasteiger partial charge in [0.2, 0.25) is 0 Å². The highest BCUT2D eigenvalue weighted by atomic mass is 16.5. The molecule has 1 aromatic carbocycles. The number of carbonyl (C=O) groups excluding carboxylic acids is 1. The summed E-state index contributed by atoms with van der Waals surface area (Å²) < 4.78 is 5.74. The second kappa shape index (κ2) is 7.34. The third-order valence-corrected chi connectivity index (χ3v) is 5.80. The molecule has 1 amide bonds. The first-order valence-electron chi connectivity index (χ1n) is 9.65. The Balaban J connectivity index is 1.29. The molecule has 25 heavy (non-hydrogen) atoms. The number of carbonyl (C=O) groups is 1. The SMILES string of the molecule is O=C(c1ccc(OCC2CC2)cc1)N1CCN(C2CCCC2O)CC1. The van der Waals surface area contributed by atoms with Crippen molar-refractivity contribution in [2.75, 3.05) is 32.8 Å². The first-order valence-corrected chi connectivity index (χ1v) is 9.65. The van der Waals surface area contributed by atoms with Crippen LogP contribution in [0.5, 0.6) is 5.75 Å². The Morgan fingerprint density at radius 1 is 1.04 bits per heavy atom. The Labute approximate surface area is 149 Å². The molecule has 2 unspecified atom stereocenters. The summed E-state index contributed by atoms with van der Waals surface area (Å²) in [5, 5.41) is 10.1. The zero-order valence-electron chi connectivity index (χ0n) is 14.8. The van der Waals surface area contributed by atoms with E-state index in [1.807, 2.05) is 29.2 Å². The van der Waals surface area contributed by atoms with Crippen molar-refractivity contribution in [2.45, 2.75) is 44.2 Å². The Morgan fingerprint density at radius 3 is 2.36 bits per heavy atom. The summed E-state index contributed by atoms with van der Waals surface area (Å²) in [6, 6.07) is 7.84. The standard InChI is InChI=1S/C20H28N2O3/c23-19-3-1-2-18(19)21-10-12-22(13-11-21)20(24)16-6-8-17(9-7-16)25-14-15-4-5-15/h6-9,15,18-19,23H,1-5,10-14H2. The van der Waals surface area contributed by atoms with Gasteiger partial charge in [-0.15, -0.1) is 0 Å². The number of amides is 1. The molecule has 0 radical (unpaired) electrons. The Bertz CT molecular complexity index is 591. The van der Waals surface area contributed by atoms with E-state index in [9.17, 15) is 9.90 Å². The number of piperazine rings is 1. The summed E-state index contributed by atoms with van der Waals surface area (Å²) in [7, 11) is 0. The predicted octanol–water partition coefficient (Wildman–Crippen LogP) is 2.15. The highest BCUT2D eigenvalue weighted by Gasteiger charge is 2.33.